The first-order valence-electron chi connectivity index (χ1n) is 6.45. The summed E-state index contributed by atoms with van der Waals surface area (Å²) in [6.07, 6.45) is 4.99. The molecule has 2 rings (SSSR count). The number of aromatic nitrogens is 1. The molecule has 0 spiro atoms. The van der Waals surface area contributed by atoms with Crippen LogP contribution in [0.3, 0.4) is 0 Å². The Balaban J connectivity index is 1.89. The summed E-state index contributed by atoms with van der Waals surface area (Å²) < 4.78 is 28.3. The molecule has 7 heteroatoms. The van der Waals surface area contributed by atoms with Crippen LogP contribution in [0.2, 0.25) is 0 Å². The molecule has 1 aromatic heterocycles. The summed E-state index contributed by atoms with van der Waals surface area (Å²) in [6, 6.07) is 3.63. The first-order chi connectivity index (χ1) is 9.12. The summed E-state index contributed by atoms with van der Waals surface area (Å²) in [5.74, 6) is 0.449. The Morgan fingerprint density at radius 3 is 2.74 bits per heavy atom. The van der Waals surface area contributed by atoms with E-state index in [0.29, 0.717) is 25.6 Å². The highest BCUT2D eigenvalue weighted by Crippen LogP contribution is 2.17. The fourth-order valence-corrected chi connectivity index (χ4v) is 3.38. The van der Waals surface area contributed by atoms with E-state index in [9.17, 15) is 8.42 Å². The van der Waals surface area contributed by atoms with Gasteiger partial charge in [-0.05, 0) is 36.9 Å². The highest BCUT2D eigenvalue weighted by Gasteiger charge is 2.26. The van der Waals surface area contributed by atoms with E-state index in [4.69, 9.17) is 5.73 Å². The second-order valence-corrected chi connectivity index (χ2v) is 6.52. The minimum absolute atomic E-state index is 0.271. The molecule has 0 atom stereocenters. The van der Waals surface area contributed by atoms with Crippen LogP contribution >= 0.6 is 0 Å². The summed E-state index contributed by atoms with van der Waals surface area (Å²) in [7, 11) is -3.40. The van der Waals surface area contributed by atoms with E-state index in [-0.39, 0.29) is 6.54 Å². The number of nitrogens with one attached hydrogen (secondary N) is 1. The van der Waals surface area contributed by atoms with Crippen molar-refractivity contribution >= 4 is 10.2 Å². The van der Waals surface area contributed by atoms with Crippen molar-refractivity contribution in [1.82, 2.24) is 14.0 Å². The molecule has 0 unspecified atom stereocenters. The van der Waals surface area contributed by atoms with Crippen molar-refractivity contribution in [3.63, 3.8) is 0 Å². The van der Waals surface area contributed by atoms with Crippen LogP contribution < -0.4 is 10.5 Å². The Bertz CT molecular complexity index is 484. The van der Waals surface area contributed by atoms with Crippen LogP contribution in [-0.2, 0) is 16.8 Å². The molecule has 106 valence electrons. The largest absolute Gasteiger partial charge is 0.330 e. The topological polar surface area (TPSA) is 88.3 Å². The van der Waals surface area contributed by atoms with Crippen molar-refractivity contribution in [3.05, 3.63) is 30.1 Å². The summed E-state index contributed by atoms with van der Waals surface area (Å²) in [5, 5.41) is 0. The van der Waals surface area contributed by atoms with Gasteiger partial charge in [-0.3, -0.25) is 4.98 Å². The lowest BCUT2D eigenvalue weighted by Crippen LogP contribution is -2.45. The van der Waals surface area contributed by atoms with Crippen LogP contribution in [0, 0.1) is 5.92 Å². The number of nitrogens with two attached hydrogens (primary N) is 1. The highest BCUT2D eigenvalue weighted by atomic mass is 32.2. The van der Waals surface area contributed by atoms with Crippen molar-refractivity contribution < 1.29 is 8.42 Å². The molecule has 1 aliphatic rings. The fraction of sp³-hybridized carbons (Fsp3) is 0.583. The summed E-state index contributed by atoms with van der Waals surface area (Å²) in [6.45, 7) is 2.00. The van der Waals surface area contributed by atoms with Crippen LogP contribution in [0.5, 0.6) is 0 Å². The zero-order chi connectivity index (χ0) is 13.7. The average Bonchev–Trinajstić information content (AvgIpc) is 2.46. The third-order valence-electron chi connectivity index (χ3n) is 3.43. The van der Waals surface area contributed by atoms with Gasteiger partial charge in [0.1, 0.15) is 0 Å². The van der Waals surface area contributed by atoms with Gasteiger partial charge in [-0.15, -0.1) is 0 Å². The molecule has 19 heavy (non-hydrogen) atoms. The van der Waals surface area contributed by atoms with Crippen molar-refractivity contribution in [3.8, 4) is 0 Å². The molecular weight excluding hydrogens is 264 g/mol. The summed E-state index contributed by atoms with van der Waals surface area (Å²) in [4.78, 5) is 3.96. The minimum atomic E-state index is -3.40. The second kappa shape index (κ2) is 6.42. The number of hydrogen-bond acceptors (Lipinski definition) is 4. The Morgan fingerprint density at radius 1 is 1.42 bits per heavy atom. The maximum atomic E-state index is 12.1. The van der Waals surface area contributed by atoms with Crippen molar-refractivity contribution in [2.75, 3.05) is 19.6 Å². The molecule has 1 aromatic rings. The van der Waals surface area contributed by atoms with Gasteiger partial charge in [-0.1, -0.05) is 6.07 Å². The van der Waals surface area contributed by atoms with Gasteiger partial charge in [-0.25, -0.2) is 0 Å². The van der Waals surface area contributed by atoms with Gasteiger partial charge >= 0.3 is 0 Å². The van der Waals surface area contributed by atoms with E-state index in [1.165, 1.54) is 4.31 Å². The molecular formula is C12H20N4O2S. The molecule has 2 heterocycles. The zero-order valence-corrected chi connectivity index (χ0v) is 11.6. The molecule has 0 amide bonds. The highest BCUT2D eigenvalue weighted by molar-refractivity contribution is 7.87. The van der Waals surface area contributed by atoms with E-state index >= 15 is 0 Å². The van der Waals surface area contributed by atoms with E-state index < -0.39 is 10.2 Å². The van der Waals surface area contributed by atoms with Crippen LogP contribution in [0.4, 0.5) is 0 Å². The van der Waals surface area contributed by atoms with Crippen molar-refractivity contribution in [2.45, 2.75) is 19.4 Å². The molecule has 6 nitrogen and oxygen atoms in total. The molecule has 1 fully saturated rings. The quantitative estimate of drug-likeness (QED) is 0.802. The van der Waals surface area contributed by atoms with Gasteiger partial charge in [0.25, 0.3) is 10.2 Å². The van der Waals surface area contributed by atoms with E-state index in [1.807, 2.05) is 6.07 Å². The second-order valence-electron chi connectivity index (χ2n) is 4.77. The number of nitrogens with zero attached hydrogens (tertiary/aromatic N) is 2. The maximum Gasteiger partial charge on any atom is 0.279 e. The first-order valence-corrected chi connectivity index (χ1v) is 7.89. The third kappa shape index (κ3) is 3.97. The van der Waals surface area contributed by atoms with E-state index in [1.54, 1.807) is 18.5 Å². The molecule has 0 bridgehead atoms. The lowest BCUT2D eigenvalue weighted by atomic mass is 9.99. The SMILES string of the molecule is NCC1CCN(S(=O)(=O)NCc2cccnc2)CC1. The Labute approximate surface area is 114 Å². The first kappa shape index (κ1) is 14.4. The molecule has 0 aliphatic carbocycles. The van der Waals surface area contributed by atoms with Gasteiger partial charge in [0.05, 0.1) is 0 Å². The Hall–Kier alpha value is -1.02. The van der Waals surface area contributed by atoms with Gasteiger partial charge in [0.15, 0.2) is 0 Å². The third-order valence-corrected chi connectivity index (χ3v) is 4.98. The van der Waals surface area contributed by atoms with Gasteiger partial charge in [0, 0.05) is 32.0 Å². The normalized spacial score (nSPS) is 18.6. The van der Waals surface area contributed by atoms with Gasteiger partial charge in [-0.2, -0.15) is 17.4 Å². The van der Waals surface area contributed by atoms with Gasteiger partial charge in [0.2, 0.25) is 0 Å². The lowest BCUT2D eigenvalue weighted by Gasteiger charge is -2.30. The molecule has 1 saturated heterocycles. The molecule has 0 radical (unpaired) electrons. The monoisotopic (exact) mass is 284 g/mol. The lowest BCUT2D eigenvalue weighted by molar-refractivity contribution is 0.275. The van der Waals surface area contributed by atoms with Crippen LogP contribution in [-0.4, -0.2) is 37.3 Å². The van der Waals surface area contributed by atoms with Crippen molar-refractivity contribution in [2.24, 2.45) is 11.7 Å². The summed E-state index contributed by atoms with van der Waals surface area (Å²) in [5.41, 5.74) is 6.45. The number of piperidine rings is 1. The molecule has 0 aromatic carbocycles. The predicted octanol–water partition coefficient (Wildman–Crippen LogP) is 0.0867. The number of pyridine rings is 1. The fourth-order valence-electron chi connectivity index (χ4n) is 2.15. The van der Waals surface area contributed by atoms with Gasteiger partial charge < -0.3 is 5.73 Å². The zero-order valence-electron chi connectivity index (χ0n) is 10.8. The van der Waals surface area contributed by atoms with E-state index in [2.05, 4.69) is 9.71 Å². The average molecular weight is 284 g/mol. The predicted molar refractivity (Wildman–Crippen MR) is 73.3 cm³/mol. The van der Waals surface area contributed by atoms with E-state index in [0.717, 1.165) is 18.4 Å². The Kier molecular flexibility index (Phi) is 4.87. The number of rotatable bonds is 5. The van der Waals surface area contributed by atoms with Crippen LogP contribution in [0.15, 0.2) is 24.5 Å². The molecule has 0 saturated carbocycles. The summed E-state index contributed by atoms with van der Waals surface area (Å²) >= 11 is 0. The smallest absolute Gasteiger partial charge is 0.279 e. The Morgan fingerprint density at radius 2 is 2.16 bits per heavy atom. The number of hydrogen-bond donors (Lipinski definition) is 2. The van der Waals surface area contributed by atoms with Crippen molar-refractivity contribution in [1.29, 1.82) is 0 Å². The molecule has 1 aliphatic heterocycles. The van der Waals surface area contributed by atoms with Crippen LogP contribution in [0.1, 0.15) is 18.4 Å². The minimum Gasteiger partial charge on any atom is -0.330 e. The molecule has 3 N–H and O–H groups in total. The standard InChI is InChI=1S/C12H20N4O2S/c13-8-11-3-6-16(7-4-11)19(17,18)15-10-12-2-1-5-14-9-12/h1-2,5,9,11,15H,3-4,6-8,10,13H2. The maximum absolute atomic E-state index is 12.1. The van der Waals surface area contributed by atoms with Crippen LogP contribution in [0.25, 0.3) is 0 Å².